The topological polar surface area (TPSA) is 95.0 Å². The predicted octanol–water partition coefficient (Wildman–Crippen LogP) is 1.30. The summed E-state index contributed by atoms with van der Waals surface area (Å²) in [6, 6.07) is 3.81. The zero-order valence-corrected chi connectivity index (χ0v) is 23.8. The Morgan fingerprint density at radius 1 is 1.36 bits per heavy atom. The first kappa shape index (κ1) is 33.1. The number of nitrogens with two attached hydrogens (primary N) is 1. The third-order valence-electron chi connectivity index (χ3n) is 2.30. The number of carbonyl (C=O) groups is 1. The Balaban J connectivity index is -0.000000136. The maximum absolute atomic E-state index is 9.62. The van der Waals surface area contributed by atoms with Crippen molar-refractivity contribution in [1.29, 1.82) is 10.5 Å². The SMILES string of the molecule is CC(C)CC=O.CC(C)c1c[se]c(N)c1C#N.[C-]#[N+]CC#N.[Na][Na].[SeH2]. The van der Waals surface area contributed by atoms with Gasteiger partial charge in [0.25, 0.3) is 6.54 Å². The van der Waals surface area contributed by atoms with Crippen molar-refractivity contribution in [2.45, 2.75) is 40.0 Å². The van der Waals surface area contributed by atoms with E-state index in [4.69, 9.17) is 22.8 Å². The van der Waals surface area contributed by atoms with E-state index in [-0.39, 0.29) is 38.1 Å². The summed E-state index contributed by atoms with van der Waals surface area (Å²) in [5.74, 6) is 0.954. The van der Waals surface area contributed by atoms with Crippen LogP contribution in [0, 0.1) is 35.2 Å². The van der Waals surface area contributed by atoms with Crippen LogP contribution in [0.25, 0.3) is 4.85 Å². The Hall–Kier alpha value is 0.459. The molecule has 0 radical (unpaired) electrons. The van der Waals surface area contributed by atoms with Crippen LogP contribution in [0.4, 0.5) is 4.56 Å². The van der Waals surface area contributed by atoms with Crippen molar-refractivity contribution in [3.05, 3.63) is 27.5 Å². The third-order valence-corrected chi connectivity index (χ3v) is 4.04. The van der Waals surface area contributed by atoms with Crippen molar-refractivity contribution in [2.75, 3.05) is 12.3 Å². The number of nitrogen functional groups attached to an aromatic ring is 1. The minimum absolute atomic E-state index is 0. The molecule has 5 nitrogen and oxygen atoms in total. The van der Waals surface area contributed by atoms with E-state index in [0.29, 0.717) is 18.3 Å². The number of hydrogen-bond acceptors (Lipinski definition) is 4. The van der Waals surface area contributed by atoms with Gasteiger partial charge in [-0.25, -0.2) is 6.57 Å². The molecule has 0 bridgehead atoms. The van der Waals surface area contributed by atoms with E-state index >= 15 is 0 Å². The van der Waals surface area contributed by atoms with Gasteiger partial charge in [0, 0.05) is 6.42 Å². The molecule has 0 amide bonds. The van der Waals surface area contributed by atoms with Crippen molar-refractivity contribution in [2.24, 2.45) is 5.92 Å². The first-order valence-electron chi connectivity index (χ1n) is 7.76. The molecule has 9 heteroatoms. The van der Waals surface area contributed by atoms with Gasteiger partial charge in [0.15, 0.2) is 0 Å². The molecule has 0 spiro atoms. The summed E-state index contributed by atoms with van der Waals surface area (Å²) in [6.45, 7) is 14.2. The summed E-state index contributed by atoms with van der Waals surface area (Å²) in [4.78, 5) is 14.5. The summed E-state index contributed by atoms with van der Waals surface area (Å²) in [5, 5.41) is 16.3. The van der Waals surface area contributed by atoms with E-state index < -0.39 is 0 Å². The second kappa shape index (κ2) is 24.5. The Labute approximate surface area is 196 Å². The standard InChI is InChI=1S/C8H10N2Se.C5H10O.C3H2N2.2Na.H2Se/c1-5(2)7-4-11-8(10)6(7)3-9;1-5(2)3-4-6;1-5-3-2-4;;;/h4-5H,10H2,1-2H3;4-5H,3H2,1-2H3;3H2;;;1H2. The molecule has 0 fully saturated rings. The van der Waals surface area contributed by atoms with E-state index in [1.165, 1.54) is 43.6 Å². The Morgan fingerprint density at radius 3 is 2.04 bits per heavy atom. The van der Waals surface area contributed by atoms with Crippen LogP contribution >= 0.6 is 0 Å². The number of rotatable bonds is 3. The van der Waals surface area contributed by atoms with Crippen LogP contribution in [0.1, 0.15) is 51.2 Å². The van der Waals surface area contributed by atoms with Crippen LogP contribution in [0.2, 0.25) is 0 Å². The maximum atomic E-state index is 9.62. The van der Waals surface area contributed by atoms with Crippen LogP contribution in [0.3, 0.4) is 0 Å². The van der Waals surface area contributed by atoms with E-state index in [1.54, 1.807) is 6.07 Å². The van der Waals surface area contributed by atoms with Crippen molar-refractivity contribution in [3.63, 3.8) is 0 Å². The van der Waals surface area contributed by atoms with Gasteiger partial charge in [-0.3, -0.25) is 0 Å². The fraction of sp³-hybridized carbons (Fsp3) is 0.500. The Bertz CT molecular complexity index is 558. The first-order valence-corrected chi connectivity index (χ1v) is 17.6. The van der Waals surface area contributed by atoms with Crippen molar-refractivity contribution in [1.82, 2.24) is 0 Å². The van der Waals surface area contributed by atoms with Crippen molar-refractivity contribution < 1.29 is 4.79 Å². The first-order chi connectivity index (χ1) is 11.3. The number of aldehydes is 1. The van der Waals surface area contributed by atoms with Crippen LogP contribution in [-0.4, -0.2) is 88.0 Å². The van der Waals surface area contributed by atoms with Crippen LogP contribution in [-0.2, 0) is 4.79 Å². The molecule has 25 heavy (non-hydrogen) atoms. The van der Waals surface area contributed by atoms with E-state index in [2.05, 4.69) is 29.7 Å². The molecular formula is C16H24N4Na2OSe2. The molecule has 1 rings (SSSR count). The molecule has 0 atom stereocenters. The number of hydrogen-bond donors (Lipinski definition) is 1. The Kier molecular flexibility index (Phi) is 32.4. The van der Waals surface area contributed by atoms with Gasteiger partial charge >= 0.3 is 133 Å². The third kappa shape index (κ3) is 20.6. The van der Waals surface area contributed by atoms with Gasteiger partial charge in [-0.1, -0.05) is 13.8 Å². The monoisotopic (exact) mass is 494 g/mol. The van der Waals surface area contributed by atoms with Crippen LogP contribution in [0.5, 0.6) is 0 Å². The predicted molar refractivity (Wildman–Crippen MR) is 109 cm³/mol. The molecule has 0 aromatic carbocycles. The van der Waals surface area contributed by atoms with Gasteiger partial charge in [0.1, 0.15) is 12.4 Å². The quantitative estimate of drug-likeness (QED) is 0.298. The minimum atomic E-state index is -0.0139. The van der Waals surface area contributed by atoms with Gasteiger partial charge in [-0.15, -0.1) is 0 Å². The molecule has 0 unspecified atom stereocenters. The second-order valence-electron chi connectivity index (χ2n) is 4.97. The van der Waals surface area contributed by atoms with Crippen molar-refractivity contribution in [3.8, 4) is 12.1 Å². The molecule has 1 aromatic rings. The number of nitriles is 2. The summed E-state index contributed by atoms with van der Waals surface area (Å²) < 4.78 is 0.781. The van der Waals surface area contributed by atoms with Gasteiger partial charge in [0.2, 0.25) is 0 Å². The summed E-state index contributed by atoms with van der Waals surface area (Å²) in [6.07, 6.45) is 1.64. The Morgan fingerprint density at radius 2 is 1.88 bits per heavy atom. The van der Waals surface area contributed by atoms with Crippen molar-refractivity contribution >= 4 is 86.0 Å². The van der Waals surface area contributed by atoms with Crippen LogP contribution in [0.15, 0.2) is 4.94 Å². The number of nitrogens with zero attached hydrogens (tertiary/aromatic N) is 3. The van der Waals surface area contributed by atoms with E-state index in [0.717, 1.165) is 22.0 Å². The molecule has 0 aliphatic rings. The average Bonchev–Trinajstić information content (AvgIpc) is 2.92. The van der Waals surface area contributed by atoms with Gasteiger partial charge in [0.05, 0.1) is 0 Å². The molecule has 1 heterocycles. The molecule has 0 saturated carbocycles. The average molecular weight is 492 g/mol. The molecule has 1 aromatic heterocycles. The summed E-state index contributed by atoms with van der Waals surface area (Å²) >= 11 is 3.12. The fourth-order valence-electron chi connectivity index (χ4n) is 1.16. The molecule has 2 N–H and O–H groups in total. The molecule has 0 aliphatic heterocycles. The van der Waals surface area contributed by atoms with Gasteiger partial charge in [-0.05, 0) is 5.92 Å². The fourth-order valence-corrected chi connectivity index (χ4v) is 3.10. The number of anilines is 1. The molecule has 0 aliphatic carbocycles. The molecule has 0 saturated heterocycles. The molecular weight excluding hydrogens is 468 g/mol. The van der Waals surface area contributed by atoms with E-state index in [9.17, 15) is 4.79 Å². The number of carbonyl (C=O) groups excluding carboxylic acids is 1. The normalized spacial score (nSPS) is 7.80. The van der Waals surface area contributed by atoms with Gasteiger partial charge < -0.3 is 9.64 Å². The molecule has 128 valence electrons. The van der Waals surface area contributed by atoms with Crippen LogP contribution < -0.4 is 5.73 Å². The zero-order valence-electron chi connectivity index (χ0n) is 16.0. The van der Waals surface area contributed by atoms with Gasteiger partial charge in [-0.2, -0.15) is 5.26 Å². The summed E-state index contributed by atoms with van der Waals surface area (Å²) in [5.41, 5.74) is 7.50. The van der Waals surface area contributed by atoms with E-state index in [1.807, 2.05) is 13.8 Å². The zero-order chi connectivity index (χ0) is 19.5. The second-order valence-corrected chi connectivity index (χ2v) is 6.88. The summed E-state index contributed by atoms with van der Waals surface area (Å²) in [7, 11) is 0.